The fourth-order valence-electron chi connectivity index (χ4n) is 2.87. The molecule has 0 aliphatic heterocycles. The first-order valence-corrected chi connectivity index (χ1v) is 12.4. The Morgan fingerprint density at radius 1 is 1.06 bits per heavy atom. The molecule has 2 aromatic rings. The highest BCUT2D eigenvalue weighted by atomic mass is 35.5. The fourth-order valence-corrected chi connectivity index (χ4v) is 4.73. The van der Waals surface area contributed by atoms with Crippen LogP contribution in [0.4, 0.5) is 0 Å². The summed E-state index contributed by atoms with van der Waals surface area (Å²) in [6, 6.07) is 12.1. The van der Waals surface area contributed by atoms with Gasteiger partial charge in [-0.25, -0.2) is 0 Å². The van der Waals surface area contributed by atoms with E-state index >= 15 is 0 Å². The lowest BCUT2D eigenvalue weighted by molar-refractivity contribution is -0.138. The third-order valence-electron chi connectivity index (χ3n) is 4.94. The zero-order chi connectivity index (χ0) is 23.0. The molecule has 0 saturated heterocycles. The van der Waals surface area contributed by atoms with Crippen LogP contribution in [0.2, 0.25) is 15.1 Å². The minimum Gasteiger partial charge on any atom is -0.352 e. The summed E-state index contributed by atoms with van der Waals surface area (Å²) >= 11 is 20.0. The Labute approximate surface area is 203 Å². The molecule has 0 heterocycles. The Morgan fingerprint density at radius 2 is 1.71 bits per heavy atom. The normalized spacial score (nSPS) is 12.8. The van der Waals surface area contributed by atoms with Crippen LogP contribution in [0.15, 0.2) is 42.5 Å². The van der Waals surface area contributed by atoms with Crippen molar-refractivity contribution in [2.24, 2.45) is 0 Å². The molecular formula is C23H27Cl3N2O2S. The third-order valence-corrected chi connectivity index (χ3v) is 6.83. The van der Waals surface area contributed by atoms with Crippen LogP contribution >= 0.6 is 46.6 Å². The average Bonchev–Trinajstić information content (AvgIpc) is 2.73. The largest absolute Gasteiger partial charge is 0.352 e. The Bertz CT molecular complexity index is 890. The molecule has 0 aromatic heterocycles. The summed E-state index contributed by atoms with van der Waals surface area (Å²) in [4.78, 5) is 27.4. The van der Waals surface area contributed by atoms with E-state index in [2.05, 4.69) is 5.32 Å². The number of hydrogen-bond donors (Lipinski definition) is 1. The van der Waals surface area contributed by atoms with Crippen LogP contribution in [-0.4, -0.2) is 34.6 Å². The number of rotatable bonds is 10. The molecule has 0 bridgehead atoms. The number of thioether (sulfide) groups is 1. The minimum atomic E-state index is -0.620. The molecule has 2 unspecified atom stereocenters. The molecule has 8 heteroatoms. The van der Waals surface area contributed by atoms with Crippen LogP contribution in [0.25, 0.3) is 0 Å². The SMILES string of the molecule is CCC(C)NC(=O)C(C)N(Cc1cccc(Cl)c1)C(=O)CSCc1c(Cl)cccc1Cl. The van der Waals surface area contributed by atoms with Gasteiger partial charge in [0, 0.05) is 33.4 Å². The van der Waals surface area contributed by atoms with Gasteiger partial charge in [-0.05, 0) is 55.7 Å². The van der Waals surface area contributed by atoms with Gasteiger partial charge in [0.1, 0.15) is 6.04 Å². The summed E-state index contributed by atoms with van der Waals surface area (Å²) in [5.74, 6) is 0.384. The van der Waals surface area contributed by atoms with Crippen molar-refractivity contribution in [2.45, 2.75) is 51.6 Å². The standard InChI is InChI=1S/C23H27Cl3N2O2S/c1-4-15(2)27-23(30)16(3)28(12-17-7-5-8-18(24)11-17)22(29)14-31-13-19-20(25)9-6-10-21(19)26/h5-11,15-16H,4,12-14H2,1-3H3,(H,27,30). The summed E-state index contributed by atoms with van der Waals surface area (Å²) in [5.41, 5.74) is 1.66. The van der Waals surface area contributed by atoms with Crippen LogP contribution in [0.3, 0.4) is 0 Å². The summed E-state index contributed by atoms with van der Waals surface area (Å²) in [5, 5.41) is 4.69. The molecule has 2 amide bonds. The van der Waals surface area contributed by atoms with E-state index in [-0.39, 0.29) is 23.6 Å². The molecule has 168 valence electrons. The Kier molecular flexibility index (Phi) is 10.5. The zero-order valence-corrected chi connectivity index (χ0v) is 20.9. The van der Waals surface area contributed by atoms with Crippen molar-refractivity contribution in [3.8, 4) is 0 Å². The summed E-state index contributed by atoms with van der Waals surface area (Å²) in [6.45, 7) is 5.98. The van der Waals surface area contributed by atoms with Gasteiger partial charge in [-0.1, -0.05) is 59.9 Å². The van der Waals surface area contributed by atoms with E-state index in [0.29, 0.717) is 27.4 Å². The van der Waals surface area contributed by atoms with E-state index in [9.17, 15) is 9.59 Å². The Hall–Kier alpha value is -1.40. The van der Waals surface area contributed by atoms with E-state index in [0.717, 1.165) is 17.5 Å². The molecule has 2 rings (SSSR count). The third kappa shape index (κ3) is 7.90. The molecule has 0 spiro atoms. The number of carbonyl (C=O) groups is 2. The monoisotopic (exact) mass is 500 g/mol. The summed E-state index contributed by atoms with van der Waals surface area (Å²) < 4.78 is 0. The lowest BCUT2D eigenvalue weighted by Crippen LogP contribution is -2.50. The maximum Gasteiger partial charge on any atom is 0.242 e. The molecule has 0 aliphatic rings. The van der Waals surface area contributed by atoms with Gasteiger partial charge in [0.15, 0.2) is 0 Å². The highest BCUT2D eigenvalue weighted by molar-refractivity contribution is 7.99. The number of halogens is 3. The Morgan fingerprint density at radius 3 is 2.32 bits per heavy atom. The number of amides is 2. The van der Waals surface area contributed by atoms with Crippen molar-refractivity contribution in [1.29, 1.82) is 0 Å². The molecular weight excluding hydrogens is 475 g/mol. The van der Waals surface area contributed by atoms with Crippen LogP contribution < -0.4 is 5.32 Å². The van der Waals surface area contributed by atoms with Gasteiger partial charge < -0.3 is 10.2 Å². The number of benzene rings is 2. The van der Waals surface area contributed by atoms with E-state index in [1.807, 2.05) is 26.0 Å². The zero-order valence-electron chi connectivity index (χ0n) is 17.8. The van der Waals surface area contributed by atoms with Crippen LogP contribution in [0, 0.1) is 0 Å². The second-order valence-electron chi connectivity index (χ2n) is 7.34. The number of carbonyl (C=O) groups excluding carboxylic acids is 2. The second-order valence-corrected chi connectivity index (χ2v) is 9.57. The first-order chi connectivity index (χ1) is 14.7. The highest BCUT2D eigenvalue weighted by Crippen LogP contribution is 2.28. The molecule has 31 heavy (non-hydrogen) atoms. The molecule has 0 fully saturated rings. The molecule has 0 radical (unpaired) electrons. The summed E-state index contributed by atoms with van der Waals surface area (Å²) in [7, 11) is 0. The van der Waals surface area contributed by atoms with Gasteiger partial charge in [0.05, 0.1) is 5.75 Å². The molecule has 1 N–H and O–H groups in total. The van der Waals surface area contributed by atoms with Crippen molar-refractivity contribution in [2.75, 3.05) is 5.75 Å². The molecule has 2 atom stereocenters. The predicted molar refractivity (Wildman–Crippen MR) is 132 cm³/mol. The van der Waals surface area contributed by atoms with Crippen molar-refractivity contribution >= 4 is 58.4 Å². The maximum absolute atomic E-state index is 13.1. The van der Waals surface area contributed by atoms with Crippen molar-refractivity contribution in [3.63, 3.8) is 0 Å². The van der Waals surface area contributed by atoms with Gasteiger partial charge in [0.25, 0.3) is 0 Å². The fraction of sp³-hybridized carbons (Fsp3) is 0.391. The summed E-state index contributed by atoms with van der Waals surface area (Å²) in [6.07, 6.45) is 0.815. The van der Waals surface area contributed by atoms with Crippen LogP contribution in [-0.2, 0) is 21.9 Å². The van der Waals surface area contributed by atoms with Crippen molar-refractivity contribution in [1.82, 2.24) is 10.2 Å². The van der Waals surface area contributed by atoms with Crippen LogP contribution in [0.5, 0.6) is 0 Å². The van der Waals surface area contributed by atoms with E-state index in [4.69, 9.17) is 34.8 Å². The first-order valence-electron chi connectivity index (χ1n) is 10.1. The molecule has 2 aromatic carbocycles. The molecule has 4 nitrogen and oxygen atoms in total. The van der Waals surface area contributed by atoms with Gasteiger partial charge >= 0.3 is 0 Å². The topological polar surface area (TPSA) is 49.4 Å². The minimum absolute atomic E-state index is 0.0369. The predicted octanol–water partition coefficient (Wildman–Crippen LogP) is 6.21. The van der Waals surface area contributed by atoms with Gasteiger partial charge in [-0.2, -0.15) is 0 Å². The van der Waals surface area contributed by atoms with Gasteiger partial charge in [-0.3, -0.25) is 9.59 Å². The van der Waals surface area contributed by atoms with E-state index in [1.165, 1.54) is 11.8 Å². The lowest BCUT2D eigenvalue weighted by atomic mass is 10.1. The van der Waals surface area contributed by atoms with Gasteiger partial charge in [0.2, 0.25) is 11.8 Å². The molecule has 0 saturated carbocycles. The van der Waals surface area contributed by atoms with Crippen LogP contribution in [0.1, 0.15) is 38.3 Å². The van der Waals surface area contributed by atoms with Crippen molar-refractivity contribution < 1.29 is 9.59 Å². The highest BCUT2D eigenvalue weighted by Gasteiger charge is 2.26. The number of hydrogen-bond acceptors (Lipinski definition) is 3. The van der Waals surface area contributed by atoms with Crippen molar-refractivity contribution in [3.05, 3.63) is 68.7 Å². The number of nitrogens with zero attached hydrogens (tertiary/aromatic N) is 1. The quantitative estimate of drug-likeness (QED) is 0.421. The van der Waals surface area contributed by atoms with Gasteiger partial charge in [-0.15, -0.1) is 11.8 Å². The average molecular weight is 502 g/mol. The maximum atomic E-state index is 13.1. The van der Waals surface area contributed by atoms with E-state index < -0.39 is 6.04 Å². The first kappa shape index (κ1) is 25.9. The lowest BCUT2D eigenvalue weighted by Gasteiger charge is -2.29. The number of nitrogens with one attached hydrogen (secondary N) is 1. The molecule has 0 aliphatic carbocycles. The second kappa shape index (κ2) is 12.6. The van der Waals surface area contributed by atoms with E-state index in [1.54, 1.807) is 42.2 Å². The smallest absolute Gasteiger partial charge is 0.242 e. The Balaban J connectivity index is 2.12.